The topological polar surface area (TPSA) is 67.9 Å². The first-order valence-corrected chi connectivity index (χ1v) is 13.1. The van der Waals surface area contributed by atoms with Crippen LogP contribution in [0.2, 0.25) is 0 Å². The van der Waals surface area contributed by atoms with E-state index in [1.165, 1.54) is 0 Å². The lowest BCUT2D eigenvalue weighted by atomic mass is 10.1. The summed E-state index contributed by atoms with van der Waals surface area (Å²) in [6.07, 6.45) is 0. The van der Waals surface area contributed by atoms with Crippen molar-refractivity contribution < 1.29 is 9.47 Å². The van der Waals surface area contributed by atoms with Crippen LogP contribution >= 0.6 is 0 Å². The minimum absolute atomic E-state index is 0.399. The van der Waals surface area contributed by atoms with Crippen LogP contribution < -0.4 is 9.47 Å². The molecule has 0 atom stereocenters. The molecule has 40 heavy (non-hydrogen) atoms. The van der Waals surface area contributed by atoms with Crippen LogP contribution in [0, 0.1) is 0 Å². The molecule has 194 valence electrons. The van der Waals surface area contributed by atoms with Gasteiger partial charge in [-0.3, -0.25) is 0 Å². The van der Waals surface area contributed by atoms with Crippen LogP contribution in [0.25, 0.3) is 21.5 Å². The monoisotopic (exact) mass is 522 g/mol. The maximum absolute atomic E-state index is 6.10. The second-order valence-corrected chi connectivity index (χ2v) is 9.05. The number of benzene rings is 6. The van der Waals surface area contributed by atoms with Gasteiger partial charge in [0.15, 0.2) is 0 Å². The molecular formula is C34H26N4O2. The Kier molecular flexibility index (Phi) is 7.49. The van der Waals surface area contributed by atoms with Crippen LogP contribution in [-0.2, 0) is 0 Å². The average Bonchev–Trinajstić information content (AvgIpc) is 3.02. The third-order valence-corrected chi connectivity index (χ3v) is 6.38. The van der Waals surface area contributed by atoms with Crippen LogP contribution in [-0.4, -0.2) is 13.2 Å². The molecule has 0 N–H and O–H groups in total. The Bertz CT molecular complexity index is 1790. The fourth-order valence-electron chi connectivity index (χ4n) is 4.40. The zero-order chi connectivity index (χ0) is 27.0. The third-order valence-electron chi connectivity index (χ3n) is 6.38. The highest BCUT2D eigenvalue weighted by Crippen LogP contribution is 2.35. The van der Waals surface area contributed by atoms with Crippen molar-refractivity contribution in [3.63, 3.8) is 0 Å². The van der Waals surface area contributed by atoms with E-state index in [-0.39, 0.29) is 0 Å². The second kappa shape index (κ2) is 12.0. The molecular weight excluding hydrogens is 496 g/mol. The average molecular weight is 523 g/mol. The molecule has 0 amide bonds. The molecule has 6 heteroatoms. The maximum atomic E-state index is 6.10. The maximum Gasteiger partial charge on any atom is 0.127 e. The van der Waals surface area contributed by atoms with Crippen molar-refractivity contribution in [2.75, 3.05) is 13.2 Å². The fraction of sp³-hybridized carbons (Fsp3) is 0.0588. The lowest BCUT2D eigenvalue weighted by Gasteiger charge is -2.11. The normalized spacial score (nSPS) is 11.5. The first-order chi connectivity index (χ1) is 19.8. The predicted octanol–water partition coefficient (Wildman–Crippen LogP) is 10.3. The number of rotatable bonds is 9. The molecule has 0 fully saturated rings. The third kappa shape index (κ3) is 5.87. The summed E-state index contributed by atoms with van der Waals surface area (Å²) in [6.45, 7) is 0.804. The van der Waals surface area contributed by atoms with Gasteiger partial charge in [0.05, 0.1) is 22.7 Å². The smallest absolute Gasteiger partial charge is 0.127 e. The predicted molar refractivity (Wildman–Crippen MR) is 160 cm³/mol. The molecule has 0 heterocycles. The summed E-state index contributed by atoms with van der Waals surface area (Å²) in [4.78, 5) is 0. The van der Waals surface area contributed by atoms with E-state index in [9.17, 15) is 0 Å². The van der Waals surface area contributed by atoms with Gasteiger partial charge in [-0.25, -0.2) is 0 Å². The number of hydrogen-bond donors (Lipinski definition) is 0. The molecule has 0 aliphatic heterocycles. The number of nitrogens with zero attached hydrogens (tertiary/aromatic N) is 4. The largest absolute Gasteiger partial charge is 0.490 e. The van der Waals surface area contributed by atoms with Gasteiger partial charge in [-0.1, -0.05) is 78.9 Å². The molecule has 0 radical (unpaired) electrons. The van der Waals surface area contributed by atoms with Crippen LogP contribution in [0.3, 0.4) is 0 Å². The second-order valence-electron chi connectivity index (χ2n) is 9.05. The molecule has 0 aliphatic carbocycles. The standard InChI is InChI=1S/C34H26N4O2/c1-2-11-26(12-3-1)35-36-27-17-19-28(20-18-27)39-23-24-40-34-22-21-33(30-14-6-7-15-31(30)34)38-37-32-16-8-10-25-9-4-5-13-29(25)32/h1-22H,23-24H2. The summed E-state index contributed by atoms with van der Waals surface area (Å²) >= 11 is 0. The van der Waals surface area contributed by atoms with Crippen molar-refractivity contribution in [1.82, 2.24) is 0 Å². The van der Waals surface area contributed by atoms with E-state index in [4.69, 9.17) is 9.47 Å². The van der Waals surface area contributed by atoms with Gasteiger partial charge in [-0.15, -0.1) is 10.2 Å². The Labute approximate surface area is 232 Å². The summed E-state index contributed by atoms with van der Waals surface area (Å²) in [7, 11) is 0. The molecule has 0 aromatic heterocycles. The highest BCUT2D eigenvalue weighted by atomic mass is 16.5. The summed E-state index contributed by atoms with van der Waals surface area (Å²) in [5, 5.41) is 21.8. The van der Waals surface area contributed by atoms with E-state index in [1.54, 1.807) is 0 Å². The van der Waals surface area contributed by atoms with Crippen molar-refractivity contribution in [3.8, 4) is 11.5 Å². The quantitative estimate of drug-likeness (QED) is 0.140. The van der Waals surface area contributed by atoms with Gasteiger partial charge < -0.3 is 9.47 Å². The number of fused-ring (bicyclic) bond motifs is 2. The van der Waals surface area contributed by atoms with E-state index in [0.29, 0.717) is 13.2 Å². The van der Waals surface area contributed by atoms with Gasteiger partial charge in [0.1, 0.15) is 24.7 Å². The highest BCUT2D eigenvalue weighted by Gasteiger charge is 2.07. The SMILES string of the molecule is c1ccc(N=Nc2ccc(OCCOc3ccc(N=Nc4cccc5ccccc45)c4ccccc34)cc2)cc1. The van der Waals surface area contributed by atoms with Crippen molar-refractivity contribution in [1.29, 1.82) is 0 Å². The first-order valence-electron chi connectivity index (χ1n) is 13.1. The van der Waals surface area contributed by atoms with Crippen LogP contribution in [0.15, 0.2) is 154 Å². The fourth-order valence-corrected chi connectivity index (χ4v) is 4.40. The molecule has 0 bridgehead atoms. The van der Waals surface area contributed by atoms with E-state index in [0.717, 1.165) is 55.8 Å². The molecule has 6 aromatic carbocycles. The Morgan fingerprint density at radius 3 is 1.80 bits per heavy atom. The molecule has 6 rings (SSSR count). The van der Waals surface area contributed by atoms with Crippen LogP contribution in [0.1, 0.15) is 0 Å². The number of ether oxygens (including phenoxy) is 2. The van der Waals surface area contributed by atoms with Gasteiger partial charge in [0.2, 0.25) is 0 Å². The first kappa shape index (κ1) is 24.9. The Morgan fingerprint density at radius 1 is 0.400 bits per heavy atom. The molecule has 6 nitrogen and oxygen atoms in total. The molecule has 0 saturated heterocycles. The van der Waals surface area contributed by atoms with Crippen molar-refractivity contribution in [2.24, 2.45) is 20.5 Å². The van der Waals surface area contributed by atoms with Crippen LogP contribution in [0.4, 0.5) is 22.7 Å². The Morgan fingerprint density at radius 2 is 1.00 bits per heavy atom. The highest BCUT2D eigenvalue weighted by molar-refractivity contribution is 5.97. The van der Waals surface area contributed by atoms with Gasteiger partial charge in [0.25, 0.3) is 0 Å². The van der Waals surface area contributed by atoms with Crippen molar-refractivity contribution in [3.05, 3.63) is 133 Å². The van der Waals surface area contributed by atoms with E-state index < -0.39 is 0 Å². The van der Waals surface area contributed by atoms with E-state index in [2.05, 4.69) is 38.7 Å². The lowest BCUT2D eigenvalue weighted by molar-refractivity contribution is 0.219. The van der Waals surface area contributed by atoms with Gasteiger partial charge in [-0.05, 0) is 60.0 Å². The molecule has 0 saturated carbocycles. The van der Waals surface area contributed by atoms with E-state index >= 15 is 0 Å². The minimum atomic E-state index is 0.399. The minimum Gasteiger partial charge on any atom is -0.490 e. The summed E-state index contributed by atoms with van der Waals surface area (Å²) < 4.78 is 12.0. The molecule has 0 spiro atoms. The lowest BCUT2D eigenvalue weighted by Crippen LogP contribution is -2.09. The van der Waals surface area contributed by atoms with Crippen LogP contribution in [0.5, 0.6) is 11.5 Å². The molecule has 0 aliphatic rings. The Hall–Kier alpha value is -5.36. The zero-order valence-electron chi connectivity index (χ0n) is 21.7. The number of azo groups is 2. The Balaban J connectivity index is 1.09. The summed E-state index contributed by atoms with van der Waals surface area (Å²) in [5.74, 6) is 1.52. The van der Waals surface area contributed by atoms with Gasteiger partial charge >= 0.3 is 0 Å². The molecule has 6 aromatic rings. The van der Waals surface area contributed by atoms with E-state index in [1.807, 2.05) is 115 Å². The summed E-state index contributed by atoms with van der Waals surface area (Å²) in [5.41, 5.74) is 3.20. The van der Waals surface area contributed by atoms with Crippen molar-refractivity contribution in [2.45, 2.75) is 0 Å². The molecule has 0 unspecified atom stereocenters. The number of hydrogen-bond acceptors (Lipinski definition) is 6. The zero-order valence-corrected chi connectivity index (χ0v) is 21.7. The van der Waals surface area contributed by atoms with Gasteiger partial charge in [0, 0.05) is 16.2 Å². The van der Waals surface area contributed by atoms with Crippen molar-refractivity contribution >= 4 is 44.3 Å². The van der Waals surface area contributed by atoms with Gasteiger partial charge in [-0.2, -0.15) is 10.2 Å². The summed E-state index contributed by atoms with van der Waals surface area (Å²) in [6, 6.07) is 43.3.